The molecule has 2 aliphatic rings. The maximum atomic E-state index is 12.1. The first-order valence-electron chi connectivity index (χ1n) is 9.81. The number of ether oxygens (including phenoxy) is 2. The monoisotopic (exact) mass is 392 g/mol. The van der Waals surface area contributed by atoms with Gasteiger partial charge in [0.2, 0.25) is 0 Å². The van der Waals surface area contributed by atoms with E-state index >= 15 is 0 Å². The first-order chi connectivity index (χ1) is 13.1. The normalized spacial score (nSPS) is 22.6. The number of rotatable bonds is 8. The van der Waals surface area contributed by atoms with Gasteiger partial charge in [-0.15, -0.1) is 11.8 Å². The van der Waals surface area contributed by atoms with Crippen molar-refractivity contribution in [2.45, 2.75) is 44.2 Å². The van der Waals surface area contributed by atoms with Crippen LogP contribution in [0.25, 0.3) is 0 Å². The van der Waals surface area contributed by atoms with Gasteiger partial charge in [0, 0.05) is 42.3 Å². The van der Waals surface area contributed by atoms with Crippen LogP contribution in [0.5, 0.6) is 0 Å². The molecule has 0 aliphatic carbocycles. The summed E-state index contributed by atoms with van der Waals surface area (Å²) in [6.45, 7) is 9.48. The van der Waals surface area contributed by atoms with Gasteiger partial charge in [0.1, 0.15) is 6.10 Å². The Morgan fingerprint density at radius 2 is 2.07 bits per heavy atom. The second-order valence-electron chi connectivity index (χ2n) is 6.92. The predicted molar refractivity (Wildman–Crippen MR) is 109 cm³/mol. The van der Waals surface area contributed by atoms with Crippen LogP contribution in [0.1, 0.15) is 31.9 Å². The summed E-state index contributed by atoms with van der Waals surface area (Å²) >= 11 is 1.82. The lowest BCUT2D eigenvalue weighted by molar-refractivity contribution is -0.144. The quantitative estimate of drug-likeness (QED) is 0.316. The van der Waals surface area contributed by atoms with E-state index in [1.807, 2.05) is 25.5 Å². The average molecular weight is 392 g/mol. The Kier molecular flexibility index (Phi) is 7.08. The third-order valence-electron chi connectivity index (χ3n) is 4.98. The number of thioether (sulfide) groups is 1. The first-order valence-corrected chi connectivity index (χ1v) is 10.8. The van der Waals surface area contributed by atoms with E-state index in [-0.39, 0.29) is 12.1 Å². The van der Waals surface area contributed by atoms with Crippen LogP contribution in [0.4, 0.5) is 5.69 Å². The van der Waals surface area contributed by atoms with Gasteiger partial charge < -0.3 is 24.2 Å². The van der Waals surface area contributed by atoms with Gasteiger partial charge in [-0.2, -0.15) is 0 Å². The van der Waals surface area contributed by atoms with Crippen LogP contribution in [0.3, 0.4) is 0 Å². The summed E-state index contributed by atoms with van der Waals surface area (Å²) in [6, 6.07) is 6.32. The molecule has 2 aliphatic heterocycles. The fraction of sp³-hybridized carbons (Fsp3) is 0.632. The van der Waals surface area contributed by atoms with E-state index in [1.54, 1.807) is 0 Å². The molecule has 0 amide bonds. The smallest absolute Gasteiger partial charge is 0.376 e. The Morgan fingerprint density at radius 1 is 1.33 bits per heavy atom. The van der Waals surface area contributed by atoms with Gasteiger partial charge in [0.15, 0.2) is 6.10 Å². The molecule has 1 aromatic carbocycles. The Balaban J connectivity index is 1.82. The Morgan fingerprint density at radius 3 is 2.70 bits per heavy atom. The van der Waals surface area contributed by atoms with E-state index in [0.29, 0.717) is 6.61 Å². The van der Waals surface area contributed by atoms with Gasteiger partial charge in [0.25, 0.3) is 0 Å². The molecule has 1 aromatic rings. The van der Waals surface area contributed by atoms with Crippen molar-refractivity contribution in [1.82, 2.24) is 4.81 Å². The van der Waals surface area contributed by atoms with E-state index in [4.69, 9.17) is 9.47 Å². The molecule has 0 saturated carbocycles. The molecule has 0 bridgehead atoms. The van der Waals surface area contributed by atoms with E-state index in [0.717, 1.165) is 49.6 Å². The second kappa shape index (κ2) is 9.32. The van der Waals surface area contributed by atoms with E-state index in [2.05, 4.69) is 34.8 Å². The molecule has 2 unspecified atom stereocenters. The number of carbonyl (C=O) groups excluding carboxylic acids is 1. The summed E-state index contributed by atoms with van der Waals surface area (Å²) in [5, 5.41) is 9.81. The fourth-order valence-electron chi connectivity index (χ4n) is 3.50. The van der Waals surface area contributed by atoms with E-state index in [1.165, 1.54) is 4.90 Å². The molecule has 6 nitrogen and oxygen atoms in total. The Labute approximate surface area is 166 Å². The molecule has 2 heterocycles. The summed E-state index contributed by atoms with van der Waals surface area (Å²) in [6.07, 6.45) is 0.369. The van der Waals surface area contributed by atoms with Crippen LogP contribution >= 0.6 is 11.8 Å². The van der Waals surface area contributed by atoms with Crippen LogP contribution in [0, 0.1) is 0 Å². The molecular weight excluding hydrogens is 363 g/mol. The van der Waals surface area contributed by atoms with Crippen molar-refractivity contribution in [3.05, 3.63) is 23.8 Å². The molecular formula is C19H29BN2O4S. The number of carbonyl (C=O) groups is 1. The number of epoxide rings is 1. The van der Waals surface area contributed by atoms with Crippen molar-refractivity contribution in [1.29, 1.82) is 0 Å². The zero-order valence-corrected chi connectivity index (χ0v) is 17.2. The number of anilines is 1. The lowest BCUT2D eigenvalue weighted by Gasteiger charge is -2.37. The van der Waals surface area contributed by atoms with Crippen LogP contribution in [0.2, 0.25) is 6.82 Å². The Bertz CT molecular complexity index is 653. The topological polar surface area (TPSA) is 65.5 Å². The predicted octanol–water partition coefficient (Wildman–Crippen LogP) is 2.42. The molecule has 0 aromatic heterocycles. The standard InChI is InChI=1S/C19H29BN2O4S/c1-4-13-27-15-8-6-7-14(21-9-11-22(12-10-21)20(3)24)16(15)17-18(26-17)19(23)25-5-2/h6-8,17-18,24H,4-5,9-13H2,1-3H3. The van der Waals surface area contributed by atoms with Gasteiger partial charge in [-0.1, -0.05) is 13.0 Å². The van der Waals surface area contributed by atoms with Crippen molar-refractivity contribution in [3.8, 4) is 0 Å². The van der Waals surface area contributed by atoms with Crippen LogP contribution in [0.15, 0.2) is 23.1 Å². The van der Waals surface area contributed by atoms with Gasteiger partial charge in [-0.05, 0) is 38.1 Å². The largest absolute Gasteiger partial charge is 0.464 e. The number of piperazine rings is 1. The molecule has 1 N–H and O–H groups in total. The zero-order chi connectivity index (χ0) is 19.4. The number of hydrogen-bond donors (Lipinski definition) is 1. The lowest BCUT2D eigenvalue weighted by atomic mass is 9.84. The number of esters is 1. The van der Waals surface area contributed by atoms with Crippen molar-refractivity contribution in [3.63, 3.8) is 0 Å². The second-order valence-corrected chi connectivity index (χ2v) is 8.06. The molecule has 2 saturated heterocycles. The molecule has 2 fully saturated rings. The van der Waals surface area contributed by atoms with Gasteiger partial charge in [-0.3, -0.25) is 0 Å². The lowest BCUT2D eigenvalue weighted by Crippen LogP contribution is -2.51. The van der Waals surface area contributed by atoms with Crippen molar-refractivity contribution < 1.29 is 19.3 Å². The maximum Gasteiger partial charge on any atom is 0.376 e. The summed E-state index contributed by atoms with van der Waals surface area (Å²) in [4.78, 5) is 17.7. The van der Waals surface area contributed by atoms with Crippen molar-refractivity contribution in [2.75, 3.05) is 43.4 Å². The van der Waals surface area contributed by atoms with Crippen molar-refractivity contribution >= 4 is 30.5 Å². The molecule has 8 heteroatoms. The van der Waals surface area contributed by atoms with E-state index in [9.17, 15) is 9.82 Å². The maximum absolute atomic E-state index is 12.1. The molecule has 2 atom stereocenters. The van der Waals surface area contributed by atoms with Gasteiger partial charge >= 0.3 is 13.0 Å². The fourth-order valence-corrected chi connectivity index (χ4v) is 4.48. The van der Waals surface area contributed by atoms with Crippen LogP contribution in [-0.4, -0.2) is 67.5 Å². The summed E-state index contributed by atoms with van der Waals surface area (Å²) in [7, 11) is -0.418. The number of benzene rings is 1. The molecule has 27 heavy (non-hydrogen) atoms. The number of hydrogen-bond acceptors (Lipinski definition) is 7. The summed E-state index contributed by atoms with van der Waals surface area (Å²) in [5.74, 6) is 0.755. The highest BCUT2D eigenvalue weighted by atomic mass is 32.2. The minimum absolute atomic E-state index is 0.227. The molecule has 0 spiro atoms. The minimum atomic E-state index is -0.495. The summed E-state index contributed by atoms with van der Waals surface area (Å²) < 4.78 is 10.9. The van der Waals surface area contributed by atoms with E-state index < -0.39 is 13.2 Å². The third kappa shape index (κ3) is 4.80. The summed E-state index contributed by atoms with van der Waals surface area (Å²) in [5.41, 5.74) is 2.25. The van der Waals surface area contributed by atoms with Gasteiger partial charge in [0.05, 0.1) is 6.61 Å². The molecule has 148 valence electrons. The zero-order valence-electron chi connectivity index (χ0n) is 16.4. The van der Waals surface area contributed by atoms with Crippen molar-refractivity contribution in [2.24, 2.45) is 0 Å². The molecule has 0 radical (unpaired) electrons. The average Bonchev–Trinajstić information content (AvgIpc) is 3.47. The SMILES string of the molecule is CCCSc1cccc(N2CCN(B(C)O)CC2)c1C1OC1C(=O)OCC. The molecule has 3 rings (SSSR count). The highest BCUT2D eigenvalue weighted by Gasteiger charge is 2.50. The van der Waals surface area contributed by atoms with Crippen LogP contribution < -0.4 is 4.90 Å². The Hall–Kier alpha value is -1.22. The third-order valence-corrected chi connectivity index (χ3v) is 6.26. The highest BCUT2D eigenvalue weighted by Crippen LogP contribution is 2.48. The minimum Gasteiger partial charge on any atom is -0.464 e. The van der Waals surface area contributed by atoms with Crippen LogP contribution in [-0.2, 0) is 14.3 Å². The first kappa shape index (κ1) is 20.5. The van der Waals surface area contributed by atoms with Gasteiger partial charge in [-0.25, -0.2) is 4.79 Å². The highest BCUT2D eigenvalue weighted by molar-refractivity contribution is 7.99. The number of nitrogens with zero attached hydrogens (tertiary/aromatic N) is 2.